The van der Waals surface area contributed by atoms with Gasteiger partial charge in [0, 0.05) is 34.2 Å². The summed E-state index contributed by atoms with van der Waals surface area (Å²) >= 11 is 0. The number of pyridine rings is 1. The maximum atomic E-state index is 5.15. The highest BCUT2D eigenvalue weighted by molar-refractivity contribution is 5.94. The van der Waals surface area contributed by atoms with E-state index in [1.165, 1.54) is 21.5 Å². The Morgan fingerprint density at radius 1 is 0.457 bits per heavy atom. The van der Waals surface area contributed by atoms with Gasteiger partial charge in [0.25, 0.3) is 0 Å². The normalized spacial score (nSPS) is 11.5. The van der Waals surface area contributed by atoms with Crippen LogP contribution in [0.2, 0.25) is 0 Å². The fraction of sp³-hybridized carbons (Fsp3) is 0. The van der Waals surface area contributed by atoms with Crippen LogP contribution < -0.4 is 4.90 Å². The summed E-state index contributed by atoms with van der Waals surface area (Å²) in [7, 11) is 0. The maximum Gasteiger partial charge on any atom is 0.145 e. The second kappa shape index (κ2) is 10.7. The molecule has 46 heavy (non-hydrogen) atoms. The average Bonchev–Trinajstić information content (AvgIpc) is 3.51. The zero-order valence-electron chi connectivity index (χ0n) is 25.0. The molecule has 0 saturated heterocycles. The van der Waals surface area contributed by atoms with Crippen molar-refractivity contribution in [2.24, 2.45) is 0 Å². The van der Waals surface area contributed by atoms with Gasteiger partial charge in [-0.2, -0.15) is 0 Å². The second-order valence-electron chi connectivity index (χ2n) is 11.6. The van der Waals surface area contributed by atoms with Crippen LogP contribution in [0.5, 0.6) is 0 Å². The molecular formula is C42H28N4. The van der Waals surface area contributed by atoms with Crippen molar-refractivity contribution in [3.63, 3.8) is 0 Å². The third kappa shape index (κ3) is 4.39. The summed E-state index contributed by atoms with van der Waals surface area (Å²) in [6.45, 7) is 0. The summed E-state index contributed by atoms with van der Waals surface area (Å²) in [5.41, 5.74) is 8.37. The minimum absolute atomic E-state index is 0.895. The van der Waals surface area contributed by atoms with Crippen molar-refractivity contribution in [1.82, 2.24) is 14.5 Å². The number of fused-ring (bicyclic) bond motifs is 4. The van der Waals surface area contributed by atoms with E-state index in [4.69, 9.17) is 4.98 Å². The number of hydrogen-bond acceptors (Lipinski definition) is 3. The van der Waals surface area contributed by atoms with Gasteiger partial charge in [0.2, 0.25) is 0 Å². The molecule has 2 aromatic heterocycles. The van der Waals surface area contributed by atoms with Gasteiger partial charge in [0.1, 0.15) is 5.82 Å². The van der Waals surface area contributed by atoms with Gasteiger partial charge < -0.3 is 4.90 Å². The van der Waals surface area contributed by atoms with Crippen molar-refractivity contribution in [2.75, 3.05) is 4.90 Å². The molecule has 0 amide bonds. The van der Waals surface area contributed by atoms with Crippen LogP contribution in [0.1, 0.15) is 0 Å². The highest BCUT2D eigenvalue weighted by Crippen LogP contribution is 2.39. The summed E-state index contributed by atoms with van der Waals surface area (Å²) in [4.78, 5) is 12.1. The van der Waals surface area contributed by atoms with Crippen LogP contribution in [0.15, 0.2) is 170 Å². The van der Waals surface area contributed by atoms with Gasteiger partial charge in [0.15, 0.2) is 0 Å². The number of imidazole rings is 1. The highest BCUT2D eigenvalue weighted by atomic mass is 15.1. The number of anilines is 3. The Labute approximate surface area is 266 Å². The van der Waals surface area contributed by atoms with Gasteiger partial charge in [0.05, 0.1) is 22.2 Å². The molecule has 4 nitrogen and oxygen atoms in total. The van der Waals surface area contributed by atoms with Gasteiger partial charge in [-0.05, 0) is 106 Å². The first-order valence-corrected chi connectivity index (χ1v) is 15.5. The van der Waals surface area contributed by atoms with Crippen molar-refractivity contribution in [3.8, 4) is 17.1 Å². The van der Waals surface area contributed by atoms with Crippen LogP contribution in [-0.2, 0) is 0 Å². The summed E-state index contributed by atoms with van der Waals surface area (Å²) < 4.78 is 2.26. The lowest BCUT2D eigenvalue weighted by Crippen LogP contribution is -2.10. The van der Waals surface area contributed by atoms with Crippen LogP contribution in [0.3, 0.4) is 0 Å². The lowest BCUT2D eigenvalue weighted by molar-refractivity contribution is 1.11. The first-order chi connectivity index (χ1) is 22.8. The van der Waals surface area contributed by atoms with Gasteiger partial charge >= 0.3 is 0 Å². The summed E-state index contributed by atoms with van der Waals surface area (Å²) in [6, 6.07) is 57.9. The minimum atomic E-state index is 0.895. The summed E-state index contributed by atoms with van der Waals surface area (Å²) in [6.07, 6.45) is 1.84. The summed E-state index contributed by atoms with van der Waals surface area (Å²) in [5.74, 6) is 0.895. The van der Waals surface area contributed by atoms with Crippen LogP contribution in [0.4, 0.5) is 17.1 Å². The fourth-order valence-corrected chi connectivity index (χ4v) is 6.58. The molecule has 0 atom stereocenters. The van der Waals surface area contributed by atoms with Crippen molar-refractivity contribution in [2.45, 2.75) is 0 Å². The third-order valence-electron chi connectivity index (χ3n) is 8.79. The Bertz CT molecular complexity index is 2460. The summed E-state index contributed by atoms with van der Waals surface area (Å²) in [5, 5.41) is 5.96. The third-order valence-corrected chi connectivity index (χ3v) is 8.79. The molecule has 0 N–H and O–H groups in total. The van der Waals surface area contributed by atoms with Crippen LogP contribution in [0.25, 0.3) is 60.6 Å². The Morgan fingerprint density at radius 3 is 1.78 bits per heavy atom. The lowest BCUT2D eigenvalue weighted by atomic mass is 10.1. The quantitative estimate of drug-likeness (QED) is 0.201. The van der Waals surface area contributed by atoms with Crippen molar-refractivity contribution >= 4 is 60.5 Å². The Morgan fingerprint density at radius 2 is 1.07 bits per heavy atom. The van der Waals surface area contributed by atoms with Crippen molar-refractivity contribution in [1.29, 1.82) is 0 Å². The molecule has 0 saturated carbocycles. The minimum Gasteiger partial charge on any atom is -0.310 e. The number of nitrogens with zero attached hydrogens (tertiary/aromatic N) is 4. The number of para-hydroxylation sites is 2. The molecule has 0 bridgehead atoms. The van der Waals surface area contributed by atoms with E-state index in [0.717, 1.165) is 56.1 Å². The van der Waals surface area contributed by atoms with Crippen LogP contribution in [-0.4, -0.2) is 14.5 Å². The van der Waals surface area contributed by atoms with E-state index in [1.807, 2.05) is 18.3 Å². The largest absolute Gasteiger partial charge is 0.310 e. The smallest absolute Gasteiger partial charge is 0.145 e. The Hall–Kier alpha value is -6.26. The number of hydrogen-bond donors (Lipinski definition) is 0. The first kappa shape index (κ1) is 26.2. The van der Waals surface area contributed by atoms with E-state index in [0.29, 0.717) is 0 Å². The average molecular weight is 589 g/mol. The molecule has 2 heterocycles. The molecule has 0 fully saturated rings. The fourth-order valence-electron chi connectivity index (χ4n) is 6.58. The molecule has 9 rings (SSSR count). The first-order valence-electron chi connectivity index (χ1n) is 15.5. The molecule has 0 aliphatic rings. The highest BCUT2D eigenvalue weighted by Gasteiger charge is 2.18. The molecule has 0 aliphatic carbocycles. The number of benzene rings is 7. The predicted molar refractivity (Wildman–Crippen MR) is 192 cm³/mol. The van der Waals surface area contributed by atoms with Gasteiger partial charge in [-0.25, -0.2) is 4.98 Å². The predicted octanol–water partition coefficient (Wildman–Crippen LogP) is 11.0. The monoisotopic (exact) mass is 588 g/mol. The molecule has 0 radical (unpaired) electrons. The topological polar surface area (TPSA) is 34.0 Å². The molecule has 0 spiro atoms. The zero-order valence-corrected chi connectivity index (χ0v) is 25.0. The van der Waals surface area contributed by atoms with Crippen molar-refractivity contribution < 1.29 is 0 Å². The molecule has 0 aliphatic heterocycles. The molecule has 216 valence electrons. The van der Waals surface area contributed by atoms with E-state index >= 15 is 0 Å². The lowest BCUT2D eigenvalue weighted by Gasteiger charge is -2.26. The van der Waals surface area contributed by atoms with Crippen molar-refractivity contribution in [3.05, 3.63) is 170 Å². The molecule has 0 unspecified atom stereocenters. The molecule has 4 heteroatoms. The standard InChI is InChI=1S/C42H28N4/c1-3-11-32-27-35(24-18-29(32)9-1)45(36-25-19-30-10-2-4-12-33(30)28-36)34-22-20-31(21-23-34)42-44-39-14-5-6-16-41(39)46(42)40-17-7-15-38-37(40)13-8-26-43-38/h1-28H. The van der Waals surface area contributed by atoms with E-state index in [-0.39, 0.29) is 0 Å². The van der Waals surface area contributed by atoms with Gasteiger partial charge in [-0.15, -0.1) is 0 Å². The Kier molecular flexibility index (Phi) is 6.10. The zero-order chi connectivity index (χ0) is 30.5. The van der Waals surface area contributed by atoms with Gasteiger partial charge in [-0.1, -0.05) is 78.9 Å². The van der Waals surface area contributed by atoms with Gasteiger partial charge in [-0.3, -0.25) is 9.55 Å². The molecule has 9 aromatic rings. The molecular weight excluding hydrogens is 560 g/mol. The van der Waals surface area contributed by atoms with E-state index in [1.54, 1.807) is 0 Å². The van der Waals surface area contributed by atoms with E-state index in [2.05, 4.69) is 166 Å². The Balaban J connectivity index is 1.21. The number of rotatable bonds is 5. The van der Waals surface area contributed by atoms with Crippen LogP contribution in [0, 0.1) is 0 Å². The maximum absolute atomic E-state index is 5.15. The molecule has 7 aromatic carbocycles. The number of aromatic nitrogens is 3. The van der Waals surface area contributed by atoms with E-state index in [9.17, 15) is 0 Å². The second-order valence-corrected chi connectivity index (χ2v) is 11.6. The van der Waals surface area contributed by atoms with Crippen LogP contribution >= 0.6 is 0 Å². The van der Waals surface area contributed by atoms with E-state index < -0.39 is 0 Å². The SMILES string of the molecule is c1ccc2cc(N(c3ccc(-c4nc5ccccc5n4-c4cccc5ncccc45)cc3)c3ccc4ccccc4c3)ccc2c1.